The van der Waals surface area contributed by atoms with Crippen molar-refractivity contribution in [3.8, 4) is 0 Å². The van der Waals surface area contributed by atoms with Crippen LogP contribution in [0.1, 0.15) is 20.3 Å². The summed E-state index contributed by atoms with van der Waals surface area (Å²) in [5, 5.41) is 0. The van der Waals surface area contributed by atoms with Crippen LogP contribution in [0, 0.1) is 0 Å². The number of piperazine rings is 1. The molecule has 0 saturated carbocycles. The summed E-state index contributed by atoms with van der Waals surface area (Å²) in [5.41, 5.74) is 5.63. The van der Waals surface area contributed by atoms with Gasteiger partial charge in [0, 0.05) is 32.2 Å². The highest BCUT2D eigenvalue weighted by atomic mass is 19.4. The lowest BCUT2D eigenvalue weighted by atomic mass is 10.0. The molecule has 0 bridgehead atoms. The molecule has 2 N–H and O–H groups in total. The summed E-state index contributed by atoms with van der Waals surface area (Å²) in [7, 11) is 0. The molecule has 1 saturated heterocycles. The topological polar surface area (TPSA) is 32.5 Å². The van der Waals surface area contributed by atoms with E-state index in [9.17, 15) is 13.2 Å². The Kier molecular flexibility index (Phi) is 5.22. The van der Waals surface area contributed by atoms with Gasteiger partial charge in [0.15, 0.2) is 0 Å². The van der Waals surface area contributed by atoms with Crippen molar-refractivity contribution in [2.24, 2.45) is 5.73 Å². The first-order chi connectivity index (χ1) is 7.90. The summed E-state index contributed by atoms with van der Waals surface area (Å²) in [6.07, 6.45) is -3.89. The molecule has 1 heterocycles. The highest BCUT2D eigenvalue weighted by Gasteiger charge is 2.47. The highest BCUT2D eigenvalue weighted by molar-refractivity contribution is 4.89. The van der Waals surface area contributed by atoms with E-state index >= 15 is 0 Å². The monoisotopic (exact) mass is 253 g/mol. The first-order valence-electron chi connectivity index (χ1n) is 6.18. The smallest absolute Gasteiger partial charge is 0.326 e. The van der Waals surface area contributed by atoms with Gasteiger partial charge >= 0.3 is 6.18 Å². The van der Waals surface area contributed by atoms with E-state index in [0.717, 1.165) is 6.54 Å². The van der Waals surface area contributed by atoms with E-state index in [2.05, 4.69) is 4.90 Å². The number of rotatable bonds is 4. The molecule has 6 heteroatoms. The lowest BCUT2D eigenvalue weighted by molar-refractivity contribution is -0.193. The van der Waals surface area contributed by atoms with Crippen LogP contribution in [0.15, 0.2) is 0 Å². The average molecular weight is 253 g/mol. The van der Waals surface area contributed by atoms with E-state index in [0.29, 0.717) is 32.6 Å². The summed E-state index contributed by atoms with van der Waals surface area (Å²) in [5.74, 6) is 0. The molecule has 17 heavy (non-hydrogen) atoms. The average Bonchev–Trinajstić information content (AvgIpc) is 2.28. The molecule has 0 aromatic heterocycles. The summed E-state index contributed by atoms with van der Waals surface area (Å²) in [6.45, 7) is 6.90. The minimum Gasteiger partial charge on any atom is -0.326 e. The predicted molar refractivity (Wildman–Crippen MR) is 61.8 cm³/mol. The Hall–Kier alpha value is -0.330. The quantitative estimate of drug-likeness (QED) is 0.819. The van der Waals surface area contributed by atoms with E-state index in [-0.39, 0.29) is 0 Å². The molecular formula is C11H22F3N3. The van der Waals surface area contributed by atoms with E-state index in [1.54, 1.807) is 6.92 Å². The van der Waals surface area contributed by atoms with Crippen LogP contribution in [0.5, 0.6) is 0 Å². The molecule has 0 aliphatic carbocycles. The Bertz CT molecular complexity index is 224. The maximum atomic E-state index is 13.0. The normalized spacial score (nSPS) is 23.6. The van der Waals surface area contributed by atoms with E-state index in [4.69, 9.17) is 5.73 Å². The zero-order chi connectivity index (χ0) is 13.1. The van der Waals surface area contributed by atoms with Crippen molar-refractivity contribution in [1.82, 2.24) is 9.80 Å². The van der Waals surface area contributed by atoms with Gasteiger partial charge < -0.3 is 10.6 Å². The van der Waals surface area contributed by atoms with Gasteiger partial charge in [0.1, 0.15) is 6.04 Å². The molecule has 1 fully saturated rings. The van der Waals surface area contributed by atoms with Crippen LogP contribution in [0.2, 0.25) is 0 Å². The molecule has 1 aliphatic heterocycles. The third-order valence-electron chi connectivity index (χ3n) is 3.46. The summed E-state index contributed by atoms with van der Waals surface area (Å²) < 4.78 is 39.0. The molecule has 0 aromatic rings. The van der Waals surface area contributed by atoms with Crippen LogP contribution >= 0.6 is 0 Å². The summed E-state index contributed by atoms with van der Waals surface area (Å²) in [4.78, 5) is 3.64. The fraction of sp³-hybridized carbons (Fsp3) is 1.00. The zero-order valence-corrected chi connectivity index (χ0v) is 10.5. The Balaban J connectivity index is 2.66. The standard InChI is InChI=1S/C11H22F3N3/c1-3-9(15)10(11(12,13)14)17-7-5-16(4-2)6-8-17/h9-10H,3-8,15H2,1-2H3. The third kappa shape index (κ3) is 3.82. The van der Waals surface area contributed by atoms with Crippen molar-refractivity contribution in [3.63, 3.8) is 0 Å². The number of halogens is 3. The van der Waals surface area contributed by atoms with Crippen LogP contribution < -0.4 is 5.73 Å². The number of likely N-dealkylation sites (N-methyl/N-ethyl adjacent to an activating group) is 1. The molecular weight excluding hydrogens is 231 g/mol. The molecule has 102 valence electrons. The van der Waals surface area contributed by atoms with E-state index < -0.39 is 18.3 Å². The second-order valence-electron chi connectivity index (χ2n) is 4.53. The van der Waals surface area contributed by atoms with Crippen LogP contribution in [0.25, 0.3) is 0 Å². The van der Waals surface area contributed by atoms with Crippen molar-refractivity contribution in [2.45, 2.75) is 38.5 Å². The first-order valence-corrected chi connectivity index (χ1v) is 6.18. The lowest BCUT2D eigenvalue weighted by Crippen LogP contribution is -2.60. The number of nitrogens with two attached hydrogens (primary N) is 1. The van der Waals surface area contributed by atoms with Crippen LogP contribution in [0.4, 0.5) is 13.2 Å². The largest absolute Gasteiger partial charge is 0.405 e. The maximum Gasteiger partial charge on any atom is 0.405 e. The molecule has 0 aromatic carbocycles. The summed E-state index contributed by atoms with van der Waals surface area (Å²) >= 11 is 0. The van der Waals surface area contributed by atoms with Crippen LogP contribution in [-0.4, -0.2) is 60.8 Å². The predicted octanol–water partition coefficient (Wildman–Crippen LogP) is 1.29. The van der Waals surface area contributed by atoms with Gasteiger partial charge in [-0.25, -0.2) is 0 Å². The second kappa shape index (κ2) is 6.02. The molecule has 2 atom stereocenters. The minimum absolute atomic E-state index is 0.345. The van der Waals surface area contributed by atoms with Gasteiger partial charge in [-0.15, -0.1) is 0 Å². The zero-order valence-electron chi connectivity index (χ0n) is 10.5. The molecule has 0 radical (unpaired) electrons. The van der Waals surface area contributed by atoms with Gasteiger partial charge in [-0.3, -0.25) is 4.90 Å². The Morgan fingerprint density at radius 1 is 1.12 bits per heavy atom. The maximum absolute atomic E-state index is 13.0. The molecule has 0 amide bonds. The lowest BCUT2D eigenvalue weighted by Gasteiger charge is -2.41. The molecule has 1 rings (SSSR count). The molecule has 1 aliphatic rings. The van der Waals surface area contributed by atoms with Crippen LogP contribution in [-0.2, 0) is 0 Å². The van der Waals surface area contributed by atoms with Crippen molar-refractivity contribution in [2.75, 3.05) is 32.7 Å². The SMILES string of the molecule is CCC(N)C(N1CCN(CC)CC1)C(F)(F)F. The van der Waals surface area contributed by atoms with Crippen molar-refractivity contribution in [1.29, 1.82) is 0 Å². The Morgan fingerprint density at radius 2 is 1.65 bits per heavy atom. The number of hydrogen-bond acceptors (Lipinski definition) is 3. The second-order valence-corrected chi connectivity index (χ2v) is 4.53. The van der Waals surface area contributed by atoms with Gasteiger partial charge in [-0.05, 0) is 13.0 Å². The molecule has 3 nitrogen and oxygen atoms in total. The Labute approximate surface area is 101 Å². The van der Waals surface area contributed by atoms with Gasteiger partial charge in [0.05, 0.1) is 0 Å². The fourth-order valence-corrected chi connectivity index (χ4v) is 2.30. The van der Waals surface area contributed by atoms with Gasteiger partial charge in [-0.2, -0.15) is 13.2 Å². The minimum atomic E-state index is -4.23. The number of hydrogen-bond donors (Lipinski definition) is 1. The van der Waals surface area contributed by atoms with Crippen molar-refractivity contribution in [3.05, 3.63) is 0 Å². The first kappa shape index (κ1) is 14.7. The van der Waals surface area contributed by atoms with Crippen molar-refractivity contribution < 1.29 is 13.2 Å². The molecule has 0 spiro atoms. The molecule has 2 unspecified atom stereocenters. The van der Waals surface area contributed by atoms with Gasteiger partial charge in [0.25, 0.3) is 0 Å². The third-order valence-corrected chi connectivity index (χ3v) is 3.46. The number of alkyl halides is 3. The van der Waals surface area contributed by atoms with Gasteiger partial charge in [0.2, 0.25) is 0 Å². The van der Waals surface area contributed by atoms with Gasteiger partial charge in [-0.1, -0.05) is 13.8 Å². The van der Waals surface area contributed by atoms with Crippen LogP contribution in [0.3, 0.4) is 0 Å². The van der Waals surface area contributed by atoms with E-state index in [1.165, 1.54) is 4.90 Å². The van der Waals surface area contributed by atoms with Crippen molar-refractivity contribution >= 4 is 0 Å². The summed E-state index contributed by atoms with van der Waals surface area (Å²) in [6, 6.07) is -2.32. The van der Waals surface area contributed by atoms with E-state index in [1.807, 2.05) is 6.92 Å². The highest BCUT2D eigenvalue weighted by Crippen LogP contribution is 2.28. The number of nitrogens with zero attached hydrogens (tertiary/aromatic N) is 2. The fourth-order valence-electron chi connectivity index (χ4n) is 2.30. The Morgan fingerprint density at radius 3 is 2.00 bits per heavy atom.